The van der Waals surface area contributed by atoms with E-state index in [0.717, 1.165) is 11.1 Å². The summed E-state index contributed by atoms with van der Waals surface area (Å²) in [4.78, 5) is 11.3. The Hall–Kier alpha value is -2.96. The topological polar surface area (TPSA) is 74.7 Å². The minimum Gasteiger partial charge on any atom is -0.478 e. The van der Waals surface area contributed by atoms with Crippen LogP contribution in [-0.4, -0.2) is 30.8 Å². The highest BCUT2D eigenvalue weighted by molar-refractivity contribution is 7.89. The molecule has 6 heteroatoms. The van der Waals surface area contributed by atoms with Crippen molar-refractivity contribution >= 4 is 16.0 Å². The third-order valence-corrected chi connectivity index (χ3v) is 6.07. The summed E-state index contributed by atoms with van der Waals surface area (Å²) in [6.45, 7) is 0.0872. The van der Waals surface area contributed by atoms with Crippen LogP contribution in [0.3, 0.4) is 0 Å². The maximum Gasteiger partial charge on any atom is 0.335 e. The molecule has 138 valence electrons. The third kappa shape index (κ3) is 4.24. The van der Waals surface area contributed by atoms with Gasteiger partial charge in [0.25, 0.3) is 0 Å². The van der Waals surface area contributed by atoms with Crippen molar-refractivity contribution in [1.82, 2.24) is 4.31 Å². The SMILES string of the molecule is CN(Cc1cccc(C(=O)O)c1)S(=O)(=O)c1ccc(-c2ccccc2)cc1. The molecule has 0 saturated carbocycles. The number of sulfonamides is 1. The van der Waals surface area contributed by atoms with Crippen molar-refractivity contribution in [1.29, 1.82) is 0 Å². The fourth-order valence-electron chi connectivity index (χ4n) is 2.77. The van der Waals surface area contributed by atoms with Crippen molar-refractivity contribution < 1.29 is 18.3 Å². The second-order valence-electron chi connectivity index (χ2n) is 6.16. The molecule has 0 atom stereocenters. The predicted octanol–water partition coefficient (Wildman–Crippen LogP) is 3.87. The van der Waals surface area contributed by atoms with Crippen molar-refractivity contribution in [2.75, 3.05) is 7.05 Å². The summed E-state index contributed by atoms with van der Waals surface area (Å²) in [5.74, 6) is -1.04. The van der Waals surface area contributed by atoms with Gasteiger partial charge in [-0.2, -0.15) is 4.31 Å². The molecule has 0 aliphatic carbocycles. The van der Waals surface area contributed by atoms with E-state index in [4.69, 9.17) is 5.11 Å². The van der Waals surface area contributed by atoms with Gasteiger partial charge in [-0.1, -0.05) is 54.6 Å². The second-order valence-corrected chi connectivity index (χ2v) is 8.20. The van der Waals surface area contributed by atoms with Crippen LogP contribution < -0.4 is 0 Å². The van der Waals surface area contributed by atoms with Gasteiger partial charge in [-0.3, -0.25) is 0 Å². The average molecular weight is 381 g/mol. The Bertz CT molecular complexity index is 1050. The summed E-state index contributed by atoms with van der Waals surface area (Å²) in [7, 11) is -2.20. The van der Waals surface area contributed by atoms with Gasteiger partial charge < -0.3 is 5.11 Å². The van der Waals surface area contributed by atoms with E-state index in [-0.39, 0.29) is 17.0 Å². The molecule has 0 aliphatic heterocycles. The second kappa shape index (κ2) is 7.73. The highest BCUT2D eigenvalue weighted by Crippen LogP contribution is 2.23. The highest BCUT2D eigenvalue weighted by atomic mass is 32.2. The Morgan fingerprint density at radius 2 is 1.52 bits per heavy atom. The fourth-order valence-corrected chi connectivity index (χ4v) is 3.93. The number of carboxylic acid groups (broad SMARTS) is 1. The van der Waals surface area contributed by atoms with Gasteiger partial charge in [-0.25, -0.2) is 13.2 Å². The van der Waals surface area contributed by atoms with Gasteiger partial charge in [-0.15, -0.1) is 0 Å². The lowest BCUT2D eigenvalue weighted by Crippen LogP contribution is -2.26. The monoisotopic (exact) mass is 381 g/mol. The lowest BCUT2D eigenvalue weighted by molar-refractivity contribution is 0.0696. The van der Waals surface area contributed by atoms with E-state index in [1.165, 1.54) is 23.5 Å². The smallest absolute Gasteiger partial charge is 0.335 e. The number of hydrogen-bond donors (Lipinski definition) is 1. The highest BCUT2D eigenvalue weighted by Gasteiger charge is 2.21. The first kappa shape index (κ1) is 18.8. The molecule has 0 aromatic heterocycles. The number of carboxylic acids is 1. The maximum atomic E-state index is 12.8. The van der Waals surface area contributed by atoms with Crippen molar-refractivity contribution in [3.8, 4) is 11.1 Å². The molecule has 0 saturated heterocycles. The Kier molecular flexibility index (Phi) is 5.39. The van der Waals surface area contributed by atoms with E-state index < -0.39 is 16.0 Å². The van der Waals surface area contributed by atoms with E-state index in [0.29, 0.717) is 5.56 Å². The van der Waals surface area contributed by atoms with Gasteiger partial charge in [-0.05, 0) is 41.0 Å². The zero-order valence-electron chi connectivity index (χ0n) is 14.7. The van der Waals surface area contributed by atoms with E-state index >= 15 is 0 Å². The lowest BCUT2D eigenvalue weighted by atomic mass is 10.1. The zero-order valence-corrected chi connectivity index (χ0v) is 15.6. The first-order valence-electron chi connectivity index (χ1n) is 8.32. The predicted molar refractivity (Wildman–Crippen MR) is 104 cm³/mol. The molecule has 3 aromatic carbocycles. The van der Waals surface area contributed by atoms with E-state index in [1.807, 2.05) is 30.3 Å². The molecule has 0 amide bonds. The third-order valence-electron chi connectivity index (χ3n) is 4.25. The van der Waals surface area contributed by atoms with Crippen molar-refractivity contribution in [2.45, 2.75) is 11.4 Å². The van der Waals surface area contributed by atoms with Crippen LogP contribution in [0.4, 0.5) is 0 Å². The molecule has 0 bridgehead atoms. The van der Waals surface area contributed by atoms with Gasteiger partial charge in [0.1, 0.15) is 0 Å². The number of carbonyl (C=O) groups is 1. The van der Waals surface area contributed by atoms with Gasteiger partial charge in [0.2, 0.25) is 10.0 Å². The number of benzene rings is 3. The maximum absolute atomic E-state index is 12.8. The molecule has 0 unspecified atom stereocenters. The molecular weight excluding hydrogens is 362 g/mol. The molecule has 3 aromatic rings. The van der Waals surface area contributed by atoms with Crippen LogP contribution in [0.1, 0.15) is 15.9 Å². The Labute approximate surface area is 158 Å². The summed E-state index contributed by atoms with van der Waals surface area (Å²) < 4.78 is 26.8. The van der Waals surface area contributed by atoms with Crippen molar-refractivity contribution in [2.24, 2.45) is 0 Å². The van der Waals surface area contributed by atoms with Crippen molar-refractivity contribution in [3.05, 3.63) is 90.0 Å². The number of hydrogen-bond acceptors (Lipinski definition) is 3. The molecule has 27 heavy (non-hydrogen) atoms. The average Bonchev–Trinajstić information content (AvgIpc) is 2.69. The first-order valence-corrected chi connectivity index (χ1v) is 9.76. The summed E-state index contributed by atoms with van der Waals surface area (Å²) in [6, 6.07) is 22.7. The minimum atomic E-state index is -3.68. The van der Waals surface area contributed by atoms with Crippen LogP contribution in [-0.2, 0) is 16.6 Å². The van der Waals surface area contributed by atoms with Crippen molar-refractivity contribution in [3.63, 3.8) is 0 Å². The van der Waals surface area contributed by atoms with Gasteiger partial charge >= 0.3 is 5.97 Å². The van der Waals surface area contributed by atoms with Crippen LogP contribution in [0.25, 0.3) is 11.1 Å². The normalized spacial score (nSPS) is 11.5. The molecule has 0 heterocycles. The molecule has 1 N–H and O–H groups in total. The largest absolute Gasteiger partial charge is 0.478 e. The Morgan fingerprint density at radius 3 is 2.15 bits per heavy atom. The van der Waals surface area contributed by atoms with E-state index in [9.17, 15) is 13.2 Å². The van der Waals surface area contributed by atoms with Crippen LogP contribution in [0.2, 0.25) is 0 Å². The Morgan fingerprint density at radius 1 is 0.889 bits per heavy atom. The van der Waals surface area contributed by atoms with Crippen LogP contribution in [0, 0.1) is 0 Å². The number of rotatable bonds is 6. The first-order chi connectivity index (χ1) is 12.9. The van der Waals surface area contributed by atoms with Crippen LogP contribution in [0.15, 0.2) is 83.8 Å². The molecule has 0 aliphatic rings. The van der Waals surface area contributed by atoms with E-state index in [1.54, 1.807) is 36.4 Å². The minimum absolute atomic E-state index is 0.0872. The quantitative estimate of drug-likeness (QED) is 0.703. The fraction of sp³-hybridized carbons (Fsp3) is 0.0952. The molecule has 0 fully saturated rings. The summed E-state index contributed by atoms with van der Waals surface area (Å²) in [5.41, 5.74) is 2.69. The van der Waals surface area contributed by atoms with Gasteiger partial charge in [0, 0.05) is 13.6 Å². The molecule has 3 rings (SSSR count). The molecule has 0 radical (unpaired) electrons. The molecule has 5 nitrogen and oxygen atoms in total. The summed E-state index contributed by atoms with van der Waals surface area (Å²) in [5, 5.41) is 9.07. The zero-order chi connectivity index (χ0) is 19.4. The van der Waals surface area contributed by atoms with E-state index in [2.05, 4.69) is 0 Å². The molecular formula is C21H19NO4S. The number of aromatic carboxylic acids is 1. The summed E-state index contributed by atoms with van der Waals surface area (Å²) in [6.07, 6.45) is 0. The lowest BCUT2D eigenvalue weighted by Gasteiger charge is -2.18. The summed E-state index contributed by atoms with van der Waals surface area (Å²) >= 11 is 0. The Balaban J connectivity index is 1.81. The molecule has 0 spiro atoms. The standard InChI is InChI=1S/C21H19NO4S/c1-22(15-16-6-5-9-19(14-16)21(23)24)27(25,26)20-12-10-18(11-13-20)17-7-3-2-4-8-17/h2-14H,15H2,1H3,(H,23,24). The van der Waals surface area contributed by atoms with Crippen LogP contribution >= 0.6 is 0 Å². The van der Waals surface area contributed by atoms with Crippen LogP contribution in [0.5, 0.6) is 0 Å². The van der Waals surface area contributed by atoms with Gasteiger partial charge in [0.05, 0.1) is 10.5 Å². The van der Waals surface area contributed by atoms with Gasteiger partial charge in [0.15, 0.2) is 0 Å². The number of nitrogens with zero attached hydrogens (tertiary/aromatic N) is 1.